The molecule has 0 fully saturated rings. The lowest BCUT2D eigenvalue weighted by Gasteiger charge is -2.16. The van der Waals surface area contributed by atoms with Crippen molar-refractivity contribution in [2.24, 2.45) is 0 Å². The Kier molecular flexibility index (Phi) is 10.7. The van der Waals surface area contributed by atoms with Crippen LogP contribution in [0.5, 0.6) is 5.75 Å². The molecule has 7 heteroatoms. The molecule has 6 nitrogen and oxygen atoms in total. The summed E-state index contributed by atoms with van der Waals surface area (Å²) in [5, 5.41) is 0. The molecule has 0 saturated heterocycles. The van der Waals surface area contributed by atoms with Gasteiger partial charge in [-0.3, -0.25) is 4.55 Å². The molecular weight excluding hydrogens is 340 g/mol. The van der Waals surface area contributed by atoms with E-state index in [1.165, 1.54) is 32.2 Å². The molecule has 0 radical (unpaired) electrons. The summed E-state index contributed by atoms with van der Waals surface area (Å²) in [5.74, 6) is 0.771. The minimum atomic E-state index is -4.15. The van der Waals surface area contributed by atoms with Crippen molar-refractivity contribution in [1.82, 2.24) is 9.62 Å². The summed E-state index contributed by atoms with van der Waals surface area (Å²) in [6.07, 6.45) is 7.22. The number of ether oxygens (including phenoxy) is 1. The third-order valence-electron chi connectivity index (χ3n) is 3.98. The van der Waals surface area contributed by atoms with Crippen LogP contribution in [0.1, 0.15) is 51.0 Å². The smallest absolute Gasteiger partial charge is 0.333 e. The zero-order valence-corrected chi connectivity index (χ0v) is 16.2. The average Bonchev–Trinajstić information content (AvgIpc) is 2.57. The minimum absolute atomic E-state index is 0.0604. The van der Waals surface area contributed by atoms with Crippen LogP contribution >= 0.6 is 0 Å². The van der Waals surface area contributed by atoms with Crippen molar-refractivity contribution >= 4 is 10.3 Å². The molecule has 0 atom stereocenters. The number of benzene rings is 1. The topological polar surface area (TPSA) is 78.9 Å². The summed E-state index contributed by atoms with van der Waals surface area (Å²) in [6, 6.07) is 7.17. The van der Waals surface area contributed by atoms with E-state index >= 15 is 0 Å². The Morgan fingerprint density at radius 2 is 1.68 bits per heavy atom. The predicted octanol–water partition coefficient (Wildman–Crippen LogP) is 3.25. The van der Waals surface area contributed by atoms with Gasteiger partial charge in [-0.15, -0.1) is 0 Å². The Hall–Kier alpha value is -1.15. The van der Waals surface area contributed by atoms with Crippen molar-refractivity contribution in [3.8, 4) is 5.75 Å². The Labute approximate surface area is 152 Å². The monoisotopic (exact) mass is 372 g/mol. The van der Waals surface area contributed by atoms with Gasteiger partial charge in [-0.1, -0.05) is 31.9 Å². The third kappa shape index (κ3) is 11.9. The Morgan fingerprint density at radius 1 is 1.04 bits per heavy atom. The zero-order chi connectivity index (χ0) is 18.5. The maximum Gasteiger partial charge on any atom is 0.333 e. The van der Waals surface area contributed by atoms with Crippen LogP contribution in [0.2, 0.25) is 0 Å². The van der Waals surface area contributed by atoms with Crippen LogP contribution in [0.3, 0.4) is 0 Å². The Balaban J connectivity index is 2.10. The zero-order valence-electron chi connectivity index (χ0n) is 15.4. The first-order chi connectivity index (χ1) is 11.9. The number of nitrogens with one attached hydrogen (secondary N) is 1. The maximum atomic E-state index is 10.6. The van der Waals surface area contributed by atoms with Gasteiger partial charge in [-0.05, 0) is 63.5 Å². The molecule has 25 heavy (non-hydrogen) atoms. The predicted molar refractivity (Wildman–Crippen MR) is 101 cm³/mol. The molecule has 144 valence electrons. The quantitative estimate of drug-likeness (QED) is 0.387. The van der Waals surface area contributed by atoms with Crippen molar-refractivity contribution in [3.05, 3.63) is 29.8 Å². The molecule has 0 spiro atoms. The molecule has 1 aromatic rings. The van der Waals surface area contributed by atoms with E-state index in [1.54, 1.807) is 12.1 Å². The highest BCUT2D eigenvalue weighted by molar-refractivity contribution is 7.83. The number of hydrogen-bond donors (Lipinski definition) is 2. The van der Waals surface area contributed by atoms with Gasteiger partial charge >= 0.3 is 10.3 Å². The SMILES string of the molecule is CCCCCN(C)CCCCCOc1ccc(CNS(=O)(=O)O)cc1. The maximum absolute atomic E-state index is 10.6. The summed E-state index contributed by atoms with van der Waals surface area (Å²) in [7, 11) is -1.97. The molecule has 1 rings (SSSR count). The lowest BCUT2D eigenvalue weighted by atomic mass is 10.2. The standard InChI is InChI=1S/C18H32N2O4S/c1-3-4-6-13-20(2)14-7-5-8-15-24-18-11-9-17(10-12-18)16-19-25(21,22)23/h9-12,19H,3-8,13-16H2,1-2H3,(H,21,22,23). The fraction of sp³-hybridized carbons (Fsp3) is 0.667. The molecule has 2 N–H and O–H groups in total. The van der Waals surface area contributed by atoms with Gasteiger partial charge in [0.25, 0.3) is 0 Å². The van der Waals surface area contributed by atoms with E-state index in [-0.39, 0.29) is 6.54 Å². The molecule has 0 unspecified atom stereocenters. The first-order valence-electron chi connectivity index (χ1n) is 9.03. The molecular formula is C18H32N2O4S. The average molecular weight is 373 g/mol. The first-order valence-corrected chi connectivity index (χ1v) is 10.5. The molecule has 0 aliphatic rings. The minimum Gasteiger partial charge on any atom is -0.494 e. The van der Waals surface area contributed by atoms with E-state index in [0.717, 1.165) is 30.7 Å². The first kappa shape index (κ1) is 21.9. The highest BCUT2D eigenvalue weighted by Crippen LogP contribution is 2.13. The van der Waals surface area contributed by atoms with Crippen molar-refractivity contribution in [2.45, 2.75) is 52.0 Å². The Morgan fingerprint density at radius 3 is 2.28 bits per heavy atom. The fourth-order valence-electron chi connectivity index (χ4n) is 2.47. The van der Waals surface area contributed by atoms with E-state index in [9.17, 15) is 8.42 Å². The number of nitrogens with zero attached hydrogens (tertiary/aromatic N) is 1. The van der Waals surface area contributed by atoms with Crippen LogP contribution in [0, 0.1) is 0 Å². The van der Waals surface area contributed by atoms with E-state index in [1.807, 2.05) is 16.9 Å². The second kappa shape index (κ2) is 12.2. The molecule has 0 bridgehead atoms. The second-order valence-electron chi connectivity index (χ2n) is 6.36. The van der Waals surface area contributed by atoms with Crippen LogP contribution in [-0.4, -0.2) is 44.6 Å². The largest absolute Gasteiger partial charge is 0.494 e. The number of unbranched alkanes of at least 4 members (excludes halogenated alkanes) is 4. The summed E-state index contributed by atoms with van der Waals surface area (Å²) < 4.78 is 37.6. The van der Waals surface area contributed by atoms with Crippen LogP contribution < -0.4 is 9.46 Å². The molecule has 1 aromatic carbocycles. The normalized spacial score (nSPS) is 11.8. The van der Waals surface area contributed by atoms with E-state index in [4.69, 9.17) is 9.29 Å². The van der Waals surface area contributed by atoms with Gasteiger partial charge in [-0.2, -0.15) is 13.1 Å². The van der Waals surface area contributed by atoms with Crippen LogP contribution in [0.15, 0.2) is 24.3 Å². The van der Waals surface area contributed by atoms with Crippen LogP contribution in [-0.2, 0) is 16.8 Å². The highest BCUT2D eigenvalue weighted by Gasteiger charge is 2.03. The van der Waals surface area contributed by atoms with Gasteiger partial charge in [0.1, 0.15) is 5.75 Å². The van der Waals surface area contributed by atoms with Gasteiger partial charge in [0.2, 0.25) is 0 Å². The van der Waals surface area contributed by atoms with E-state index < -0.39 is 10.3 Å². The molecule has 0 heterocycles. The highest BCUT2D eigenvalue weighted by atomic mass is 32.2. The molecule has 0 amide bonds. The van der Waals surface area contributed by atoms with Crippen molar-refractivity contribution in [3.63, 3.8) is 0 Å². The second-order valence-corrected chi connectivity index (χ2v) is 7.60. The molecule has 0 saturated carbocycles. The van der Waals surface area contributed by atoms with Crippen molar-refractivity contribution in [1.29, 1.82) is 0 Å². The summed E-state index contributed by atoms with van der Waals surface area (Å²) >= 11 is 0. The van der Waals surface area contributed by atoms with Crippen molar-refractivity contribution < 1.29 is 17.7 Å². The molecule has 0 aliphatic heterocycles. The number of hydrogen-bond acceptors (Lipinski definition) is 4. The third-order valence-corrected chi connectivity index (χ3v) is 4.49. The lowest BCUT2D eigenvalue weighted by molar-refractivity contribution is 0.287. The van der Waals surface area contributed by atoms with Gasteiger partial charge in [-0.25, -0.2) is 0 Å². The summed E-state index contributed by atoms with van der Waals surface area (Å²) in [4.78, 5) is 2.40. The lowest BCUT2D eigenvalue weighted by Crippen LogP contribution is -2.21. The molecule has 0 aromatic heterocycles. The summed E-state index contributed by atoms with van der Waals surface area (Å²) in [5.41, 5.74) is 0.760. The van der Waals surface area contributed by atoms with Gasteiger partial charge in [0, 0.05) is 6.54 Å². The Bertz CT molecular complexity index is 561. The van der Waals surface area contributed by atoms with E-state index in [0.29, 0.717) is 6.61 Å². The van der Waals surface area contributed by atoms with Gasteiger partial charge in [0.05, 0.1) is 6.61 Å². The number of rotatable bonds is 14. The van der Waals surface area contributed by atoms with Crippen LogP contribution in [0.25, 0.3) is 0 Å². The van der Waals surface area contributed by atoms with E-state index in [2.05, 4.69) is 18.9 Å². The van der Waals surface area contributed by atoms with Crippen molar-refractivity contribution in [2.75, 3.05) is 26.7 Å². The summed E-state index contributed by atoms with van der Waals surface area (Å²) in [6.45, 7) is 5.29. The molecule has 0 aliphatic carbocycles. The van der Waals surface area contributed by atoms with Crippen LogP contribution in [0.4, 0.5) is 0 Å². The van der Waals surface area contributed by atoms with Gasteiger partial charge in [0.15, 0.2) is 0 Å². The fourth-order valence-corrected chi connectivity index (χ4v) is 2.82. The van der Waals surface area contributed by atoms with Gasteiger partial charge < -0.3 is 9.64 Å².